The molecule has 0 atom stereocenters. The lowest BCUT2D eigenvalue weighted by atomic mass is 10.0. The predicted octanol–water partition coefficient (Wildman–Crippen LogP) is 3.21. The number of rotatable bonds is 5. The van der Waals surface area contributed by atoms with Gasteiger partial charge < -0.3 is 9.47 Å². The van der Waals surface area contributed by atoms with Crippen molar-refractivity contribution in [1.29, 1.82) is 0 Å². The summed E-state index contributed by atoms with van der Waals surface area (Å²) in [5.41, 5.74) is 3.33. The Labute approximate surface area is 186 Å². The third kappa shape index (κ3) is 4.44. The van der Waals surface area contributed by atoms with Crippen LogP contribution in [0.1, 0.15) is 34.6 Å². The minimum absolute atomic E-state index is 0.0280. The Morgan fingerprint density at radius 3 is 2.44 bits per heavy atom. The average molecular weight is 457 g/mol. The van der Waals surface area contributed by atoms with Gasteiger partial charge >= 0.3 is 0 Å². The maximum Gasteiger partial charge on any atom is 0.255 e. The number of aromatic nitrogens is 2. The van der Waals surface area contributed by atoms with Gasteiger partial charge in [0.15, 0.2) is 0 Å². The molecule has 1 aromatic carbocycles. The van der Waals surface area contributed by atoms with Gasteiger partial charge in [-0.15, -0.1) is 0 Å². The molecular weight excluding hydrogens is 431 g/mol. The van der Waals surface area contributed by atoms with Crippen LogP contribution in [0.25, 0.3) is 5.69 Å². The first-order chi connectivity index (χ1) is 15.3. The number of piperidine rings is 1. The number of aryl methyl sites for hydroxylation is 1. The molecule has 1 aliphatic heterocycles. The Kier molecular flexibility index (Phi) is 6.12. The number of hydrogen-bond donors (Lipinski definition) is 1. The summed E-state index contributed by atoms with van der Waals surface area (Å²) < 4.78 is 42.9. The fourth-order valence-corrected chi connectivity index (χ4v) is 5.44. The maximum absolute atomic E-state index is 13.2. The molecule has 0 spiro atoms. The molecule has 9 heteroatoms. The molecule has 168 valence electrons. The molecule has 3 heterocycles. The van der Waals surface area contributed by atoms with E-state index in [0.29, 0.717) is 31.5 Å². The van der Waals surface area contributed by atoms with Crippen LogP contribution in [0.5, 0.6) is 0 Å². The smallest absolute Gasteiger partial charge is 0.255 e. The van der Waals surface area contributed by atoms with Crippen molar-refractivity contribution >= 4 is 15.9 Å². The molecule has 32 heavy (non-hydrogen) atoms. The van der Waals surface area contributed by atoms with Crippen molar-refractivity contribution < 1.29 is 17.6 Å². The number of hydrogen-bond acceptors (Lipinski definition) is 4. The van der Waals surface area contributed by atoms with Crippen LogP contribution in [0.2, 0.25) is 0 Å². The molecule has 0 saturated carbocycles. The average Bonchev–Trinajstić information content (AvgIpc) is 3.08. The Morgan fingerprint density at radius 1 is 1.12 bits per heavy atom. The lowest BCUT2D eigenvalue weighted by Gasteiger charge is -2.32. The van der Waals surface area contributed by atoms with Gasteiger partial charge in [0.05, 0.1) is 22.3 Å². The van der Waals surface area contributed by atoms with E-state index in [1.54, 1.807) is 17.3 Å². The van der Waals surface area contributed by atoms with E-state index in [0.717, 1.165) is 29.2 Å². The van der Waals surface area contributed by atoms with Crippen molar-refractivity contribution in [2.24, 2.45) is 0 Å². The van der Waals surface area contributed by atoms with Gasteiger partial charge in [0, 0.05) is 36.7 Å². The Bertz CT molecular complexity index is 1220. The van der Waals surface area contributed by atoms with Crippen LogP contribution in [0.15, 0.2) is 59.8 Å². The van der Waals surface area contributed by atoms with Gasteiger partial charge in [0.25, 0.3) is 5.91 Å². The molecule has 1 amide bonds. The van der Waals surface area contributed by atoms with Crippen molar-refractivity contribution in [2.45, 2.75) is 37.6 Å². The molecule has 0 aliphatic carbocycles. The van der Waals surface area contributed by atoms with Crippen LogP contribution in [-0.2, 0) is 10.0 Å². The Balaban J connectivity index is 1.43. The number of sulfonamides is 1. The third-order valence-electron chi connectivity index (χ3n) is 5.79. The Morgan fingerprint density at radius 2 is 1.81 bits per heavy atom. The van der Waals surface area contributed by atoms with E-state index < -0.39 is 15.8 Å². The second-order valence-corrected chi connectivity index (χ2v) is 9.69. The summed E-state index contributed by atoms with van der Waals surface area (Å²) in [6, 6.07) is 10.1. The van der Waals surface area contributed by atoms with Crippen LogP contribution in [0.3, 0.4) is 0 Å². The second-order valence-electron chi connectivity index (χ2n) is 7.97. The highest BCUT2D eigenvalue weighted by molar-refractivity contribution is 7.89. The summed E-state index contributed by atoms with van der Waals surface area (Å²) in [6.07, 6.45) is 4.48. The number of carbonyl (C=O) groups is 1. The van der Waals surface area contributed by atoms with Crippen LogP contribution in [0.4, 0.5) is 4.39 Å². The quantitative estimate of drug-likeness (QED) is 0.639. The zero-order valence-electron chi connectivity index (χ0n) is 18.0. The molecule has 4 rings (SSSR count). The summed E-state index contributed by atoms with van der Waals surface area (Å²) in [5.74, 6) is -0.549. The monoisotopic (exact) mass is 456 g/mol. The zero-order valence-corrected chi connectivity index (χ0v) is 18.8. The summed E-state index contributed by atoms with van der Waals surface area (Å²) in [6.45, 7) is 4.77. The first kappa shape index (κ1) is 22.2. The summed E-state index contributed by atoms with van der Waals surface area (Å²) >= 11 is 0. The van der Waals surface area contributed by atoms with E-state index in [9.17, 15) is 17.6 Å². The van der Waals surface area contributed by atoms with Crippen molar-refractivity contribution in [3.8, 4) is 5.69 Å². The van der Waals surface area contributed by atoms with Gasteiger partial charge in [0.2, 0.25) is 10.0 Å². The lowest BCUT2D eigenvalue weighted by molar-refractivity contribution is 0.0710. The number of benzene rings is 1. The highest BCUT2D eigenvalue weighted by Crippen LogP contribution is 2.23. The third-order valence-corrected chi connectivity index (χ3v) is 7.33. The number of carbonyl (C=O) groups excluding carboxylic acids is 1. The molecule has 2 aromatic heterocycles. The molecular formula is C23H25FN4O3S. The molecule has 0 bridgehead atoms. The number of nitrogens with zero attached hydrogens (tertiary/aromatic N) is 3. The SMILES string of the molecule is Cc1cc(C(=O)N2CCC(NS(=O)(=O)c3ccc(F)cc3)CC2)c(C)n1-c1cccnc1. The number of halogens is 1. The first-order valence-electron chi connectivity index (χ1n) is 10.4. The van der Waals surface area contributed by atoms with Gasteiger partial charge in [-0.1, -0.05) is 0 Å². The fraction of sp³-hybridized carbons (Fsp3) is 0.304. The van der Waals surface area contributed by atoms with Gasteiger partial charge in [-0.25, -0.2) is 17.5 Å². The molecule has 1 aliphatic rings. The van der Waals surface area contributed by atoms with E-state index in [1.165, 1.54) is 12.1 Å². The second kappa shape index (κ2) is 8.84. The van der Waals surface area contributed by atoms with E-state index in [1.807, 2.05) is 36.6 Å². The van der Waals surface area contributed by atoms with Crippen LogP contribution in [0, 0.1) is 19.7 Å². The van der Waals surface area contributed by atoms with Crippen LogP contribution in [-0.4, -0.2) is 47.9 Å². The summed E-state index contributed by atoms with van der Waals surface area (Å²) in [4.78, 5) is 19.1. The minimum atomic E-state index is -3.74. The fourth-order valence-electron chi connectivity index (χ4n) is 4.13. The van der Waals surface area contributed by atoms with Gasteiger partial charge in [-0.05, 0) is 69.2 Å². The molecule has 3 aromatic rings. The molecule has 1 saturated heterocycles. The molecule has 1 fully saturated rings. The van der Waals surface area contributed by atoms with Gasteiger partial charge in [0.1, 0.15) is 5.82 Å². The predicted molar refractivity (Wildman–Crippen MR) is 119 cm³/mol. The first-order valence-corrected chi connectivity index (χ1v) is 11.9. The molecule has 0 unspecified atom stereocenters. The summed E-state index contributed by atoms with van der Waals surface area (Å²) in [5, 5.41) is 0. The topological polar surface area (TPSA) is 84.3 Å². The number of nitrogens with one attached hydrogen (secondary N) is 1. The van der Waals surface area contributed by atoms with Crippen molar-refractivity contribution in [1.82, 2.24) is 19.2 Å². The van der Waals surface area contributed by atoms with Crippen LogP contribution >= 0.6 is 0 Å². The molecule has 1 N–H and O–H groups in total. The van der Waals surface area contributed by atoms with Crippen molar-refractivity contribution in [3.05, 3.63) is 77.6 Å². The van der Waals surface area contributed by atoms with E-state index >= 15 is 0 Å². The Hall–Kier alpha value is -3.04. The lowest BCUT2D eigenvalue weighted by Crippen LogP contribution is -2.46. The number of amides is 1. The largest absolute Gasteiger partial charge is 0.338 e. The maximum atomic E-state index is 13.2. The van der Waals surface area contributed by atoms with Gasteiger partial charge in [-0.3, -0.25) is 9.78 Å². The summed E-state index contributed by atoms with van der Waals surface area (Å²) in [7, 11) is -3.74. The highest BCUT2D eigenvalue weighted by atomic mass is 32.2. The highest BCUT2D eigenvalue weighted by Gasteiger charge is 2.29. The van der Waals surface area contributed by atoms with Gasteiger partial charge in [-0.2, -0.15) is 0 Å². The standard InChI is InChI=1S/C23H25FN4O3S/c1-16-14-22(17(2)28(16)20-4-3-11-25-15-20)23(29)27-12-9-19(10-13-27)26-32(30,31)21-7-5-18(24)6-8-21/h3-8,11,14-15,19,26H,9-10,12-13H2,1-2H3. The number of pyridine rings is 1. The van der Waals surface area contributed by atoms with Crippen molar-refractivity contribution in [2.75, 3.05) is 13.1 Å². The minimum Gasteiger partial charge on any atom is -0.338 e. The molecule has 7 nitrogen and oxygen atoms in total. The van der Waals surface area contributed by atoms with Crippen molar-refractivity contribution in [3.63, 3.8) is 0 Å². The molecule has 0 radical (unpaired) electrons. The normalized spacial score (nSPS) is 15.2. The number of likely N-dealkylation sites (tertiary alicyclic amines) is 1. The van der Waals surface area contributed by atoms with E-state index in [4.69, 9.17) is 0 Å². The van der Waals surface area contributed by atoms with E-state index in [-0.39, 0.29) is 16.8 Å². The zero-order chi connectivity index (χ0) is 22.9. The van der Waals surface area contributed by atoms with E-state index in [2.05, 4.69) is 9.71 Å². The van der Waals surface area contributed by atoms with Crippen LogP contribution < -0.4 is 4.72 Å².